The van der Waals surface area contributed by atoms with E-state index in [1.165, 1.54) is 19.3 Å². The number of nitrogens with one attached hydrogen (secondary N) is 1. The summed E-state index contributed by atoms with van der Waals surface area (Å²) in [6.07, 6.45) is 3.79. The predicted octanol–water partition coefficient (Wildman–Crippen LogP) is 2.69. The normalized spacial score (nSPS) is 16.6. The van der Waals surface area contributed by atoms with Crippen molar-refractivity contribution in [1.29, 1.82) is 0 Å². The van der Waals surface area contributed by atoms with Crippen molar-refractivity contribution in [3.63, 3.8) is 0 Å². The number of phenolic OH excluding ortho intramolecular Hbond substituents is 1. The van der Waals surface area contributed by atoms with Gasteiger partial charge in [0.25, 0.3) is 0 Å². The van der Waals surface area contributed by atoms with Gasteiger partial charge in [-0.3, -0.25) is 0 Å². The van der Waals surface area contributed by atoms with Crippen LogP contribution in [0.1, 0.15) is 24.8 Å². The van der Waals surface area contributed by atoms with Crippen LogP contribution in [-0.2, 0) is 6.54 Å². The summed E-state index contributed by atoms with van der Waals surface area (Å²) in [4.78, 5) is 0. The summed E-state index contributed by atoms with van der Waals surface area (Å²) in [6.45, 7) is 0.663. The predicted molar refractivity (Wildman–Crippen MR) is 57.6 cm³/mol. The molecule has 1 aromatic carbocycles. The summed E-state index contributed by atoms with van der Waals surface area (Å²) in [5.74, 6) is 0.282. The summed E-state index contributed by atoms with van der Waals surface area (Å²) in [6, 6.07) is 5.85. The van der Waals surface area contributed by atoms with Gasteiger partial charge < -0.3 is 10.4 Å². The molecule has 0 aromatic heterocycles. The van der Waals surface area contributed by atoms with Crippen LogP contribution < -0.4 is 5.32 Å². The first-order valence-electron chi connectivity index (χ1n) is 4.97. The van der Waals surface area contributed by atoms with Crippen molar-refractivity contribution in [3.8, 4) is 5.75 Å². The van der Waals surface area contributed by atoms with Crippen molar-refractivity contribution in [1.82, 2.24) is 5.32 Å². The lowest BCUT2D eigenvalue weighted by molar-refractivity contribution is 0.336. The van der Waals surface area contributed by atoms with Crippen molar-refractivity contribution < 1.29 is 5.11 Å². The molecule has 76 valence electrons. The lowest BCUT2D eigenvalue weighted by Gasteiger charge is -2.26. The molecule has 1 saturated carbocycles. The van der Waals surface area contributed by atoms with Gasteiger partial charge >= 0.3 is 0 Å². The fourth-order valence-electron chi connectivity index (χ4n) is 1.58. The summed E-state index contributed by atoms with van der Waals surface area (Å²) in [5.41, 5.74) is 0.807. The van der Waals surface area contributed by atoms with Gasteiger partial charge in [-0.05, 0) is 25.0 Å². The number of hydrogen-bond donors (Lipinski definition) is 2. The molecule has 1 fully saturated rings. The highest BCUT2D eigenvalue weighted by Gasteiger charge is 2.17. The maximum atomic E-state index is 9.57. The Morgan fingerprint density at radius 1 is 1.43 bits per heavy atom. The molecular formula is C11H14ClNO. The third-order valence-corrected chi connectivity index (χ3v) is 3.12. The van der Waals surface area contributed by atoms with Crippen LogP contribution in [0.15, 0.2) is 18.2 Å². The van der Waals surface area contributed by atoms with Gasteiger partial charge in [0.05, 0.1) is 0 Å². The van der Waals surface area contributed by atoms with E-state index < -0.39 is 0 Å². The van der Waals surface area contributed by atoms with Gasteiger partial charge in [-0.15, -0.1) is 0 Å². The quantitative estimate of drug-likeness (QED) is 0.806. The second-order valence-electron chi connectivity index (χ2n) is 3.75. The van der Waals surface area contributed by atoms with Crippen molar-refractivity contribution in [2.45, 2.75) is 31.8 Å². The van der Waals surface area contributed by atoms with E-state index in [2.05, 4.69) is 5.32 Å². The zero-order valence-electron chi connectivity index (χ0n) is 7.96. The average molecular weight is 212 g/mol. The monoisotopic (exact) mass is 211 g/mol. The van der Waals surface area contributed by atoms with Crippen LogP contribution in [0.25, 0.3) is 0 Å². The molecule has 1 aromatic rings. The Morgan fingerprint density at radius 2 is 2.21 bits per heavy atom. The van der Waals surface area contributed by atoms with E-state index in [4.69, 9.17) is 11.6 Å². The van der Waals surface area contributed by atoms with Crippen LogP contribution in [-0.4, -0.2) is 11.1 Å². The highest BCUT2D eigenvalue weighted by molar-refractivity contribution is 6.31. The van der Waals surface area contributed by atoms with Crippen molar-refractivity contribution >= 4 is 11.6 Å². The summed E-state index contributed by atoms with van der Waals surface area (Å²) in [7, 11) is 0. The molecule has 0 spiro atoms. The molecule has 14 heavy (non-hydrogen) atoms. The lowest BCUT2D eigenvalue weighted by Crippen LogP contribution is -2.34. The number of phenols is 1. The molecule has 2 rings (SSSR count). The minimum absolute atomic E-state index is 0.282. The molecule has 0 atom stereocenters. The Balaban J connectivity index is 2.00. The maximum Gasteiger partial charge on any atom is 0.121 e. The molecule has 0 bridgehead atoms. The average Bonchev–Trinajstić information content (AvgIpc) is 2.07. The Bertz CT molecular complexity index is 303. The number of aromatic hydroxyl groups is 1. The Kier molecular flexibility index (Phi) is 2.94. The molecule has 0 aliphatic heterocycles. The topological polar surface area (TPSA) is 32.3 Å². The van der Waals surface area contributed by atoms with Crippen LogP contribution >= 0.6 is 11.6 Å². The molecule has 0 radical (unpaired) electrons. The molecule has 0 unspecified atom stereocenters. The molecular weight excluding hydrogens is 198 g/mol. The lowest BCUT2D eigenvalue weighted by atomic mass is 9.93. The van der Waals surface area contributed by atoms with E-state index in [1.54, 1.807) is 18.2 Å². The van der Waals surface area contributed by atoms with Crippen LogP contribution in [0.4, 0.5) is 0 Å². The standard InChI is InChI=1S/C11H14ClNO/c12-10-5-2-6-11(14)9(10)7-13-8-3-1-4-8/h2,5-6,8,13-14H,1,3-4,7H2. The summed E-state index contributed by atoms with van der Waals surface area (Å²) >= 11 is 5.97. The summed E-state index contributed by atoms with van der Waals surface area (Å²) in [5, 5.41) is 13.6. The van der Waals surface area contributed by atoms with E-state index in [0.717, 1.165) is 5.56 Å². The molecule has 2 N–H and O–H groups in total. The van der Waals surface area contributed by atoms with Gasteiger partial charge in [-0.2, -0.15) is 0 Å². The Hall–Kier alpha value is -0.730. The minimum Gasteiger partial charge on any atom is -0.508 e. The van der Waals surface area contributed by atoms with Crippen LogP contribution in [0.2, 0.25) is 5.02 Å². The van der Waals surface area contributed by atoms with Gasteiger partial charge in [-0.1, -0.05) is 24.1 Å². The number of rotatable bonds is 3. The second kappa shape index (κ2) is 4.20. The Labute approximate surface area is 88.9 Å². The van der Waals surface area contributed by atoms with E-state index in [1.807, 2.05) is 0 Å². The zero-order chi connectivity index (χ0) is 9.97. The molecule has 1 aliphatic rings. The number of benzene rings is 1. The number of hydrogen-bond acceptors (Lipinski definition) is 2. The third kappa shape index (κ3) is 2.02. The van der Waals surface area contributed by atoms with Gasteiger partial charge in [0.2, 0.25) is 0 Å². The highest BCUT2D eigenvalue weighted by atomic mass is 35.5. The SMILES string of the molecule is Oc1cccc(Cl)c1CNC1CCC1. The van der Waals surface area contributed by atoms with Gasteiger partial charge in [0, 0.05) is 23.2 Å². The molecule has 0 amide bonds. The fourth-order valence-corrected chi connectivity index (χ4v) is 1.82. The van der Waals surface area contributed by atoms with E-state index in [-0.39, 0.29) is 5.75 Å². The first kappa shape index (κ1) is 9.81. The molecule has 1 aliphatic carbocycles. The third-order valence-electron chi connectivity index (χ3n) is 2.77. The second-order valence-corrected chi connectivity index (χ2v) is 4.15. The first-order chi connectivity index (χ1) is 6.77. The van der Waals surface area contributed by atoms with E-state index in [9.17, 15) is 5.11 Å². The van der Waals surface area contributed by atoms with Crippen LogP contribution in [0, 0.1) is 0 Å². The Morgan fingerprint density at radius 3 is 2.79 bits per heavy atom. The van der Waals surface area contributed by atoms with E-state index >= 15 is 0 Å². The fraction of sp³-hybridized carbons (Fsp3) is 0.455. The van der Waals surface area contributed by atoms with Crippen LogP contribution in [0.3, 0.4) is 0 Å². The smallest absolute Gasteiger partial charge is 0.121 e. The highest BCUT2D eigenvalue weighted by Crippen LogP contribution is 2.26. The van der Waals surface area contributed by atoms with E-state index in [0.29, 0.717) is 17.6 Å². The maximum absolute atomic E-state index is 9.57. The van der Waals surface area contributed by atoms with Gasteiger partial charge in [-0.25, -0.2) is 0 Å². The summed E-state index contributed by atoms with van der Waals surface area (Å²) < 4.78 is 0. The van der Waals surface area contributed by atoms with Crippen molar-refractivity contribution in [3.05, 3.63) is 28.8 Å². The largest absolute Gasteiger partial charge is 0.508 e. The minimum atomic E-state index is 0.282. The zero-order valence-corrected chi connectivity index (χ0v) is 8.72. The first-order valence-corrected chi connectivity index (χ1v) is 5.35. The van der Waals surface area contributed by atoms with Gasteiger partial charge in [0.15, 0.2) is 0 Å². The van der Waals surface area contributed by atoms with Gasteiger partial charge in [0.1, 0.15) is 5.75 Å². The molecule has 0 heterocycles. The number of halogens is 1. The van der Waals surface area contributed by atoms with Crippen LogP contribution in [0.5, 0.6) is 5.75 Å². The van der Waals surface area contributed by atoms with Crippen molar-refractivity contribution in [2.75, 3.05) is 0 Å². The van der Waals surface area contributed by atoms with Crippen molar-refractivity contribution in [2.24, 2.45) is 0 Å². The molecule has 3 heteroatoms. The molecule has 0 saturated heterocycles. The molecule has 2 nitrogen and oxygen atoms in total.